The van der Waals surface area contributed by atoms with Gasteiger partial charge in [-0.3, -0.25) is 0 Å². The molecule has 3 aromatic rings. The number of benzene rings is 2. The van der Waals surface area contributed by atoms with Gasteiger partial charge in [0.15, 0.2) is 11.5 Å². The number of methoxy groups -OCH3 is 2. The lowest BCUT2D eigenvalue weighted by Crippen LogP contribution is -2.22. The maximum atomic E-state index is 9.84. The number of aromatic nitrogens is 2. The van der Waals surface area contributed by atoms with E-state index in [9.17, 15) is 5.26 Å². The molecule has 0 amide bonds. The molecule has 0 aliphatic carbocycles. The molecule has 2 aromatic carbocycles. The fourth-order valence-electron chi connectivity index (χ4n) is 3.74. The van der Waals surface area contributed by atoms with Crippen LogP contribution in [-0.2, 0) is 0 Å². The monoisotopic (exact) mass is 402 g/mol. The van der Waals surface area contributed by atoms with Gasteiger partial charge in [0.25, 0.3) is 0 Å². The van der Waals surface area contributed by atoms with Gasteiger partial charge in [-0.15, -0.1) is 0 Å². The number of ether oxygens (including phenoxy) is 3. The van der Waals surface area contributed by atoms with Crippen LogP contribution < -0.4 is 19.9 Å². The average molecular weight is 402 g/mol. The summed E-state index contributed by atoms with van der Waals surface area (Å²) in [6.45, 7) is 3.92. The summed E-state index contributed by atoms with van der Waals surface area (Å²) in [5.74, 6) is 1.32. The van der Waals surface area contributed by atoms with Gasteiger partial charge in [-0.05, 0) is 43.7 Å². The summed E-state index contributed by atoms with van der Waals surface area (Å²) >= 11 is 0. The number of fused-ring (bicyclic) bond motifs is 1. The van der Waals surface area contributed by atoms with Crippen LogP contribution in [0.3, 0.4) is 0 Å². The number of hydrogen-bond acceptors (Lipinski definition) is 6. The lowest BCUT2D eigenvalue weighted by molar-refractivity contribution is 0.353. The normalized spacial score (nSPS) is 15.2. The van der Waals surface area contributed by atoms with E-state index in [2.05, 4.69) is 6.07 Å². The zero-order valence-corrected chi connectivity index (χ0v) is 17.3. The quantitative estimate of drug-likeness (QED) is 0.715. The summed E-state index contributed by atoms with van der Waals surface area (Å²) < 4.78 is 18.4. The summed E-state index contributed by atoms with van der Waals surface area (Å²) in [4.78, 5) is 0. The first-order chi connectivity index (χ1) is 14.5. The van der Waals surface area contributed by atoms with Crippen LogP contribution in [0.2, 0.25) is 0 Å². The Labute approximate surface area is 174 Å². The van der Waals surface area contributed by atoms with Crippen molar-refractivity contribution in [2.75, 3.05) is 14.2 Å². The zero-order valence-electron chi connectivity index (χ0n) is 17.3. The largest absolute Gasteiger partial charge is 0.493 e. The maximum absolute atomic E-state index is 9.84. The van der Waals surface area contributed by atoms with Gasteiger partial charge in [0.1, 0.15) is 11.6 Å². The minimum absolute atomic E-state index is 0.0676. The SMILES string of the molecule is COc1ccc([C@H]2C(C#N)=C(N)Oc3c2c(C)nn3-c2ccc(C)cc2)cc1OC. The summed E-state index contributed by atoms with van der Waals surface area (Å²) in [5, 5.41) is 14.5. The second-order valence-corrected chi connectivity index (χ2v) is 7.09. The second kappa shape index (κ2) is 7.48. The molecule has 0 spiro atoms. The lowest BCUT2D eigenvalue weighted by Gasteiger charge is -2.25. The number of nitriles is 1. The molecule has 1 aliphatic rings. The molecular formula is C23H22N4O3. The Balaban J connectivity index is 1.93. The standard InChI is InChI=1S/C23H22N4O3/c1-13-5-8-16(9-6-13)27-23-20(14(2)26-27)21(17(12-24)22(25)30-23)15-7-10-18(28-3)19(11-15)29-4/h5-11,21H,25H2,1-4H3/t21-/m0/s1. The minimum Gasteiger partial charge on any atom is -0.493 e. The van der Waals surface area contributed by atoms with Crippen LogP contribution in [0, 0.1) is 25.2 Å². The third kappa shape index (κ3) is 3.03. The molecule has 1 aliphatic heterocycles. The highest BCUT2D eigenvalue weighted by molar-refractivity contribution is 5.59. The van der Waals surface area contributed by atoms with Crippen molar-refractivity contribution in [3.63, 3.8) is 0 Å². The van der Waals surface area contributed by atoms with Crippen molar-refractivity contribution in [1.29, 1.82) is 5.26 Å². The molecule has 1 atom stereocenters. The molecule has 7 heteroatoms. The average Bonchev–Trinajstić information content (AvgIpc) is 3.08. The summed E-state index contributed by atoms with van der Waals surface area (Å²) in [6, 6.07) is 15.7. The molecule has 0 bridgehead atoms. The predicted molar refractivity (Wildman–Crippen MR) is 112 cm³/mol. The molecule has 2 N–H and O–H groups in total. The van der Waals surface area contributed by atoms with Gasteiger partial charge >= 0.3 is 0 Å². The van der Waals surface area contributed by atoms with Gasteiger partial charge in [0.2, 0.25) is 11.8 Å². The van der Waals surface area contributed by atoms with Crippen molar-refractivity contribution in [2.24, 2.45) is 5.73 Å². The van der Waals surface area contributed by atoms with Crippen molar-refractivity contribution in [1.82, 2.24) is 9.78 Å². The molecule has 152 valence electrons. The van der Waals surface area contributed by atoms with Crippen LogP contribution in [0.5, 0.6) is 17.4 Å². The number of hydrogen-bond donors (Lipinski definition) is 1. The van der Waals surface area contributed by atoms with Gasteiger partial charge in [0.05, 0.1) is 37.1 Å². The van der Waals surface area contributed by atoms with Crippen molar-refractivity contribution >= 4 is 0 Å². The fraction of sp³-hybridized carbons (Fsp3) is 0.217. The highest BCUT2D eigenvalue weighted by Crippen LogP contribution is 2.46. The van der Waals surface area contributed by atoms with Crippen molar-refractivity contribution in [2.45, 2.75) is 19.8 Å². The number of allylic oxidation sites excluding steroid dienone is 1. The van der Waals surface area contributed by atoms with Gasteiger partial charge in [-0.2, -0.15) is 10.4 Å². The Morgan fingerprint density at radius 2 is 1.77 bits per heavy atom. The van der Waals surface area contributed by atoms with Crippen LogP contribution >= 0.6 is 0 Å². The van der Waals surface area contributed by atoms with E-state index in [0.29, 0.717) is 23.0 Å². The molecule has 30 heavy (non-hydrogen) atoms. The van der Waals surface area contributed by atoms with Gasteiger partial charge in [-0.25, -0.2) is 4.68 Å². The molecule has 0 unspecified atom stereocenters. The van der Waals surface area contributed by atoms with E-state index in [1.165, 1.54) is 0 Å². The first-order valence-corrected chi connectivity index (χ1v) is 9.44. The topological polar surface area (TPSA) is 95.3 Å². The third-order valence-corrected chi connectivity index (χ3v) is 5.25. The van der Waals surface area contributed by atoms with E-state index in [0.717, 1.165) is 28.1 Å². The van der Waals surface area contributed by atoms with E-state index in [4.69, 9.17) is 25.0 Å². The molecule has 4 rings (SSSR count). The summed E-state index contributed by atoms with van der Waals surface area (Å²) in [6.07, 6.45) is 0. The highest BCUT2D eigenvalue weighted by Gasteiger charge is 2.36. The van der Waals surface area contributed by atoms with Crippen LogP contribution in [0.25, 0.3) is 5.69 Å². The van der Waals surface area contributed by atoms with E-state index < -0.39 is 5.92 Å². The number of nitrogens with zero attached hydrogens (tertiary/aromatic N) is 3. The smallest absolute Gasteiger partial charge is 0.229 e. The predicted octanol–water partition coefficient (Wildman–Crippen LogP) is 3.72. The molecule has 0 fully saturated rings. The molecule has 1 aromatic heterocycles. The van der Waals surface area contributed by atoms with Crippen molar-refractivity contribution in [3.05, 3.63) is 76.3 Å². The van der Waals surface area contributed by atoms with Crippen molar-refractivity contribution in [3.8, 4) is 29.1 Å². The Bertz CT molecular complexity index is 1190. The second-order valence-electron chi connectivity index (χ2n) is 7.09. The number of aryl methyl sites for hydroxylation is 2. The highest BCUT2D eigenvalue weighted by atomic mass is 16.5. The Morgan fingerprint density at radius 3 is 2.40 bits per heavy atom. The lowest BCUT2D eigenvalue weighted by atomic mass is 9.84. The molecule has 0 radical (unpaired) electrons. The van der Waals surface area contributed by atoms with E-state index in [1.807, 2.05) is 56.3 Å². The molecule has 0 saturated carbocycles. The fourth-order valence-corrected chi connectivity index (χ4v) is 3.74. The van der Waals surface area contributed by atoms with Gasteiger partial charge in [0, 0.05) is 0 Å². The molecule has 2 heterocycles. The van der Waals surface area contributed by atoms with Crippen molar-refractivity contribution < 1.29 is 14.2 Å². The van der Waals surface area contributed by atoms with Gasteiger partial charge in [-0.1, -0.05) is 23.8 Å². The Hall–Kier alpha value is -3.92. The maximum Gasteiger partial charge on any atom is 0.229 e. The Kier molecular flexibility index (Phi) is 4.84. The van der Waals surface area contributed by atoms with Gasteiger partial charge < -0.3 is 19.9 Å². The molecule has 0 saturated heterocycles. The van der Waals surface area contributed by atoms with Crippen LogP contribution in [0.15, 0.2) is 53.9 Å². The summed E-state index contributed by atoms with van der Waals surface area (Å²) in [7, 11) is 3.16. The summed E-state index contributed by atoms with van der Waals surface area (Å²) in [5.41, 5.74) is 10.9. The first kappa shape index (κ1) is 19.4. The molecule has 7 nitrogen and oxygen atoms in total. The van der Waals surface area contributed by atoms with Crippen LogP contribution in [0.1, 0.15) is 28.3 Å². The van der Waals surface area contributed by atoms with Crippen LogP contribution in [-0.4, -0.2) is 24.0 Å². The Morgan fingerprint density at radius 1 is 1.07 bits per heavy atom. The van der Waals surface area contributed by atoms with Crippen LogP contribution in [0.4, 0.5) is 0 Å². The zero-order chi connectivity index (χ0) is 21.4. The first-order valence-electron chi connectivity index (χ1n) is 9.44. The minimum atomic E-state index is -0.433. The van der Waals surface area contributed by atoms with E-state index in [-0.39, 0.29) is 5.88 Å². The third-order valence-electron chi connectivity index (χ3n) is 5.25. The molecular weight excluding hydrogens is 380 g/mol. The number of nitrogens with two attached hydrogens (primary N) is 1. The van der Waals surface area contributed by atoms with E-state index >= 15 is 0 Å². The number of rotatable bonds is 4. The van der Waals surface area contributed by atoms with E-state index in [1.54, 1.807) is 18.9 Å².